The van der Waals surface area contributed by atoms with Crippen molar-refractivity contribution in [2.75, 3.05) is 20.2 Å². The van der Waals surface area contributed by atoms with Crippen LogP contribution in [0.1, 0.15) is 23.2 Å². The summed E-state index contributed by atoms with van der Waals surface area (Å²) in [5.74, 6) is -0.604. The second-order valence-electron chi connectivity index (χ2n) is 4.75. The summed E-state index contributed by atoms with van der Waals surface area (Å²) < 4.78 is 4.71. The van der Waals surface area contributed by atoms with E-state index in [-0.39, 0.29) is 29.1 Å². The average molecular weight is 298 g/mol. The highest BCUT2D eigenvalue weighted by Gasteiger charge is 2.29. The topological polar surface area (TPSA) is 66.8 Å². The van der Waals surface area contributed by atoms with E-state index in [0.717, 1.165) is 0 Å². The molecule has 2 rings (SSSR count). The number of nitrogens with zero attached hydrogens (tertiary/aromatic N) is 1. The standard InChI is InChI=1S/C14H16ClNO4/c1-20-14(19)9-4-6-16(7-5-9)13(18)11-8-10(17)2-3-12(11)15/h2-3,8-9,17H,4-7H2,1H3. The zero-order valence-electron chi connectivity index (χ0n) is 11.1. The van der Waals surface area contributed by atoms with Gasteiger partial charge in [0.1, 0.15) is 5.75 Å². The predicted molar refractivity (Wildman–Crippen MR) is 73.8 cm³/mol. The van der Waals surface area contributed by atoms with E-state index in [4.69, 9.17) is 16.3 Å². The molecule has 20 heavy (non-hydrogen) atoms. The molecule has 0 aliphatic carbocycles. The molecule has 1 N–H and O–H groups in total. The maximum atomic E-state index is 12.3. The first-order valence-corrected chi connectivity index (χ1v) is 6.76. The number of rotatable bonds is 2. The number of piperidine rings is 1. The number of benzene rings is 1. The summed E-state index contributed by atoms with van der Waals surface area (Å²) in [5.41, 5.74) is 0.281. The number of methoxy groups -OCH3 is 1. The van der Waals surface area contributed by atoms with E-state index < -0.39 is 0 Å². The van der Waals surface area contributed by atoms with Crippen molar-refractivity contribution in [1.82, 2.24) is 4.90 Å². The van der Waals surface area contributed by atoms with Gasteiger partial charge in [-0.2, -0.15) is 0 Å². The number of aromatic hydroxyl groups is 1. The lowest BCUT2D eigenvalue weighted by Crippen LogP contribution is -2.40. The molecule has 0 aromatic heterocycles. The van der Waals surface area contributed by atoms with Crippen LogP contribution in [0.15, 0.2) is 18.2 Å². The van der Waals surface area contributed by atoms with Crippen LogP contribution in [0.3, 0.4) is 0 Å². The monoisotopic (exact) mass is 297 g/mol. The highest BCUT2D eigenvalue weighted by molar-refractivity contribution is 6.33. The Labute approximate surface area is 122 Å². The second-order valence-corrected chi connectivity index (χ2v) is 5.16. The minimum atomic E-state index is -0.229. The Morgan fingerprint density at radius 2 is 2.00 bits per heavy atom. The summed E-state index contributed by atoms with van der Waals surface area (Å²) in [6, 6.07) is 4.28. The summed E-state index contributed by atoms with van der Waals surface area (Å²) in [6.07, 6.45) is 1.16. The lowest BCUT2D eigenvalue weighted by Gasteiger charge is -2.31. The Kier molecular flexibility index (Phi) is 4.49. The Morgan fingerprint density at radius 1 is 1.35 bits per heavy atom. The third kappa shape index (κ3) is 3.04. The first kappa shape index (κ1) is 14.7. The summed E-state index contributed by atoms with van der Waals surface area (Å²) in [4.78, 5) is 25.4. The molecule has 0 spiro atoms. The number of ether oxygens (including phenoxy) is 1. The molecule has 1 heterocycles. The van der Waals surface area contributed by atoms with Gasteiger partial charge in [0, 0.05) is 13.1 Å². The first-order valence-electron chi connectivity index (χ1n) is 6.38. The van der Waals surface area contributed by atoms with Gasteiger partial charge in [-0.3, -0.25) is 9.59 Å². The molecule has 1 aliphatic heterocycles. The smallest absolute Gasteiger partial charge is 0.308 e. The number of phenols is 1. The van der Waals surface area contributed by atoms with Gasteiger partial charge in [0.25, 0.3) is 5.91 Å². The van der Waals surface area contributed by atoms with Crippen LogP contribution in [0.25, 0.3) is 0 Å². The van der Waals surface area contributed by atoms with Crippen molar-refractivity contribution in [2.24, 2.45) is 5.92 Å². The third-order valence-electron chi connectivity index (χ3n) is 3.50. The number of hydrogen-bond acceptors (Lipinski definition) is 4. The lowest BCUT2D eigenvalue weighted by molar-refractivity contribution is -0.146. The molecule has 108 valence electrons. The fourth-order valence-corrected chi connectivity index (χ4v) is 2.53. The third-order valence-corrected chi connectivity index (χ3v) is 3.83. The van der Waals surface area contributed by atoms with Crippen molar-refractivity contribution in [3.63, 3.8) is 0 Å². The zero-order valence-corrected chi connectivity index (χ0v) is 11.9. The lowest BCUT2D eigenvalue weighted by atomic mass is 9.96. The molecule has 1 saturated heterocycles. The van der Waals surface area contributed by atoms with Crippen LogP contribution in [0.4, 0.5) is 0 Å². The van der Waals surface area contributed by atoms with Crippen molar-refractivity contribution < 1.29 is 19.4 Å². The van der Waals surface area contributed by atoms with Gasteiger partial charge in [-0.25, -0.2) is 0 Å². The van der Waals surface area contributed by atoms with Crippen molar-refractivity contribution in [3.8, 4) is 5.75 Å². The van der Waals surface area contributed by atoms with Crippen LogP contribution in [0, 0.1) is 5.92 Å². The van der Waals surface area contributed by atoms with Crippen LogP contribution in [-0.2, 0) is 9.53 Å². The molecule has 1 amide bonds. The molecule has 0 unspecified atom stereocenters. The second kappa shape index (κ2) is 6.13. The molecular weight excluding hydrogens is 282 g/mol. The molecule has 0 atom stereocenters. The highest BCUT2D eigenvalue weighted by atomic mass is 35.5. The van der Waals surface area contributed by atoms with Gasteiger partial charge in [-0.1, -0.05) is 11.6 Å². The van der Waals surface area contributed by atoms with Gasteiger partial charge in [0.05, 0.1) is 23.6 Å². The van der Waals surface area contributed by atoms with Gasteiger partial charge in [-0.15, -0.1) is 0 Å². The Hall–Kier alpha value is -1.75. The number of hydrogen-bond donors (Lipinski definition) is 1. The Bertz CT molecular complexity index is 524. The average Bonchev–Trinajstić information content (AvgIpc) is 2.48. The Balaban J connectivity index is 2.05. The van der Waals surface area contributed by atoms with E-state index in [9.17, 15) is 14.7 Å². The molecule has 5 nitrogen and oxygen atoms in total. The van der Waals surface area contributed by atoms with E-state index in [1.807, 2.05) is 0 Å². The molecule has 6 heteroatoms. The van der Waals surface area contributed by atoms with E-state index in [1.165, 1.54) is 25.3 Å². The fraction of sp³-hybridized carbons (Fsp3) is 0.429. The molecule has 1 aromatic carbocycles. The van der Waals surface area contributed by atoms with Crippen LogP contribution < -0.4 is 0 Å². The van der Waals surface area contributed by atoms with E-state index >= 15 is 0 Å². The summed E-state index contributed by atoms with van der Waals surface area (Å²) in [6.45, 7) is 0.954. The van der Waals surface area contributed by atoms with Crippen molar-refractivity contribution in [3.05, 3.63) is 28.8 Å². The van der Waals surface area contributed by atoms with Gasteiger partial charge in [0.2, 0.25) is 0 Å². The molecule has 0 bridgehead atoms. The zero-order chi connectivity index (χ0) is 14.7. The number of carbonyl (C=O) groups excluding carboxylic acids is 2. The van der Waals surface area contributed by atoms with Crippen LogP contribution in [0.5, 0.6) is 5.75 Å². The predicted octanol–water partition coefficient (Wildman–Crippen LogP) is 2.07. The number of phenolic OH excluding ortho intramolecular Hbond substituents is 1. The number of esters is 1. The van der Waals surface area contributed by atoms with E-state index in [1.54, 1.807) is 4.90 Å². The normalized spacial score (nSPS) is 16.0. The highest BCUT2D eigenvalue weighted by Crippen LogP contribution is 2.25. The summed E-state index contributed by atoms with van der Waals surface area (Å²) in [7, 11) is 1.37. The Morgan fingerprint density at radius 3 is 2.60 bits per heavy atom. The van der Waals surface area contributed by atoms with E-state index in [2.05, 4.69) is 0 Å². The molecular formula is C14H16ClNO4. The van der Waals surface area contributed by atoms with Gasteiger partial charge < -0.3 is 14.7 Å². The van der Waals surface area contributed by atoms with Crippen molar-refractivity contribution in [2.45, 2.75) is 12.8 Å². The SMILES string of the molecule is COC(=O)C1CCN(C(=O)c2cc(O)ccc2Cl)CC1. The fourth-order valence-electron chi connectivity index (χ4n) is 2.33. The minimum Gasteiger partial charge on any atom is -0.508 e. The van der Waals surface area contributed by atoms with Gasteiger partial charge in [-0.05, 0) is 31.0 Å². The van der Waals surface area contributed by atoms with Gasteiger partial charge >= 0.3 is 5.97 Å². The summed E-state index contributed by atoms with van der Waals surface area (Å²) >= 11 is 5.98. The molecule has 1 aromatic rings. The molecule has 1 aliphatic rings. The quantitative estimate of drug-likeness (QED) is 0.849. The van der Waals surface area contributed by atoms with Gasteiger partial charge in [0.15, 0.2) is 0 Å². The molecule has 0 radical (unpaired) electrons. The number of carbonyl (C=O) groups is 2. The maximum absolute atomic E-state index is 12.3. The van der Waals surface area contributed by atoms with Crippen molar-refractivity contribution >= 4 is 23.5 Å². The first-order chi connectivity index (χ1) is 9.52. The minimum absolute atomic E-state index is 0.00203. The maximum Gasteiger partial charge on any atom is 0.308 e. The number of amides is 1. The largest absolute Gasteiger partial charge is 0.508 e. The summed E-state index contributed by atoms with van der Waals surface area (Å²) in [5, 5.41) is 9.75. The van der Waals surface area contributed by atoms with Crippen LogP contribution >= 0.6 is 11.6 Å². The van der Waals surface area contributed by atoms with Crippen LogP contribution in [0.2, 0.25) is 5.02 Å². The number of likely N-dealkylation sites (tertiary alicyclic amines) is 1. The molecule has 1 fully saturated rings. The van der Waals surface area contributed by atoms with Crippen molar-refractivity contribution in [1.29, 1.82) is 0 Å². The number of halogens is 1. The molecule has 0 saturated carbocycles. The van der Waals surface area contributed by atoms with E-state index in [0.29, 0.717) is 31.0 Å². The van der Waals surface area contributed by atoms with Crippen LogP contribution in [-0.4, -0.2) is 42.1 Å².